The molecule has 1 heterocycles. The molecule has 0 unspecified atom stereocenters. The monoisotopic (exact) mass is 402 g/mol. The number of phenols is 1. The van der Waals surface area contributed by atoms with Crippen molar-refractivity contribution in [3.8, 4) is 5.75 Å². The molecule has 0 bridgehead atoms. The molecule has 0 aliphatic carbocycles. The van der Waals surface area contributed by atoms with Crippen LogP contribution in [-0.4, -0.2) is 39.2 Å². The molecule has 1 fully saturated rings. The van der Waals surface area contributed by atoms with Gasteiger partial charge in [-0.15, -0.1) is 0 Å². The number of para-hydroxylation sites is 1. The molecular formula is C19H15FN2O3S2. The van der Waals surface area contributed by atoms with Gasteiger partial charge in [0.05, 0.1) is 10.5 Å². The predicted octanol–water partition coefficient (Wildman–Crippen LogP) is 3.16. The zero-order valence-corrected chi connectivity index (χ0v) is 15.6. The second kappa shape index (κ2) is 8.32. The van der Waals surface area contributed by atoms with Crippen LogP contribution in [0.25, 0.3) is 6.08 Å². The molecule has 0 atom stereocenters. The van der Waals surface area contributed by atoms with Crippen LogP contribution >= 0.6 is 24.0 Å². The number of thioether (sulfide) groups is 1. The third-order valence-corrected chi connectivity index (χ3v) is 5.17. The number of halogens is 1. The van der Waals surface area contributed by atoms with Crippen LogP contribution in [0, 0.1) is 5.82 Å². The first-order chi connectivity index (χ1) is 13.0. The van der Waals surface area contributed by atoms with Crippen LogP contribution in [0.5, 0.6) is 5.75 Å². The van der Waals surface area contributed by atoms with Crippen LogP contribution in [0.4, 0.5) is 4.39 Å². The Labute approximate surface area is 164 Å². The molecule has 2 aromatic rings. The lowest BCUT2D eigenvalue weighted by Gasteiger charge is -2.15. The molecule has 5 nitrogen and oxygen atoms in total. The Kier molecular flexibility index (Phi) is 5.88. The van der Waals surface area contributed by atoms with Crippen molar-refractivity contribution in [1.82, 2.24) is 10.2 Å². The van der Waals surface area contributed by atoms with Gasteiger partial charge in [-0.1, -0.05) is 48.2 Å². The number of benzene rings is 2. The molecule has 2 amide bonds. The highest BCUT2D eigenvalue weighted by molar-refractivity contribution is 8.26. The number of nitrogens with one attached hydrogen (secondary N) is 1. The molecule has 2 N–H and O–H groups in total. The SMILES string of the molecule is O=C(NCCN1C(=O)/C(=C\c2cccc(F)c2)SC1=S)c1ccccc1O. The Balaban J connectivity index is 1.61. The number of carbonyl (C=O) groups is 2. The molecule has 0 radical (unpaired) electrons. The summed E-state index contributed by atoms with van der Waals surface area (Å²) in [6, 6.07) is 12.1. The van der Waals surface area contributed by atoms with Crippen molar-refractivity contribution in [2.24, 2.45) is 0 Å². The summed E-state index contributed by atoms with van der Waals surface area (Å²) < 4.78 is 13.7. The zero-order valence-electron chi connectivity index (χ0n) is 14.0. The summed E-state index contributed by atoms with van der Waals surface area (Å²) in [5.74, 6) is -1.22. The van der Waals surface area contributed by atoms with Crippen LogP contribution in [0.1, 0.15) is 15.9 Å². The van der Waals surface area contributed by atoms with Crippen LogP contribution in [0.3, 0.4) is 0 Å². The van der Waals surface area contributed by atoms with Crippen LogP contribution in [-0.2, 0) is 4.79 Å². The van der Waals surface area contributed by atoms with E-state index in [1.807, 2.05) is 0 Å². The normalized spacial score (nSPS) is 15.4. The third-order valence-electron chi connectivity index (χ3n) is 3.79. The van der Waals surface area contributed by atoms with Gasteiger partial charge >= 0.3 is 0 Å². The lowest BCUT2D eigenvalue weighted by atomic mass is 10.2. The van der Waals surface area contributed by atoms with Gasteiger partial charge < -0.3 is 10.4 Å². The molecule has 3 rings (SSSR count). The smallest absolute Gasteiger partial charge is 0.266 e. The number of amides is 2. The van der Waals surface area contributed by atoms with Gasteiger partial charge in [-0.25, -0.2) is 4.39 Å². The number of hydrogen-bond donors (Lipinski definition) is 2. The molecule has 2 aromatic carbocycles. The van der Waals surface area contributed by atoms with E-state index < -0.39 is 5.91 Å². The Bertz CT molecular complexity index is 946. The summed E-state index contributed by atoms with van der Waals surface area (Å²) in [4.78, 5) is 26.4. The maximum atomic E-state index is 13.3. The molecule has 1 aliphatic rings. The van der Waals surface area contributed by atoms with Gasteiger partial charge in [0.1, 0.15) is 15.9 Å². The zero-order chi connectivity index (χ0) is 19.4. The molecule has 1 saturated heterocycles. The Morgan fingerprint density at radius 3 is 2.78 bits per heavy atom. The van der Waals surface area contributed by atoms with Crippen LogP contribution < -0.4 is 5.32 Å². The number of thiocarbonyl (C=S) groups is 1. The Hall–Kier alpha value is -2.71. The van der Waals surface area contributed by atoms with Crippen molar-refractivity contribution in [3.63, 3.8) is 0 Å². The van der Waals surface area contributed by atoms with Crippen molar-refractivity contribution in [2.75, 3.05) is 13.1 Å². The number of rotatable bonds is 5. The Morgan fingerprint density at radius 1 is 1.26 bits per heavy atom. The maximum absolute atomic E-state index is 13.3. The summed E-state index contributed by atoms with van der Waals surface area (Å²) in [6.07, 6.45) is 1.59. The van der Waals surface area contributed by atoms with Crippen molar-refractivity contribution in [2.45, 2.75) is 0 Å². The molecule has 8 heteroatoms. The van der Waals surface area contributed by atoms with Gasteiger partial charge in [0, 0.05) is 13.1 Å². The van der Waals surface area contributed by atoms with Gasteiger partial charge in [-0.05, 0) is 35.9 Å². The highest BCUT2D eigenvalue weighted by Crippen LogP contribution is 2.32. The molecule has 1 aliphatic heterocycles. The first-order valence-electron chi connectivity index (χ1n) is 8.03. The number of hydrogen-bond acceptors (Lipinski definition) is 5. The average molecular weight is 402 g/mol. The molecule has 0 saturated carbocycles. The fourth-order valence-corrected chi connectivity index (χ4v) is 3.79. The summed E-state index contributed by atoms with van der Waals surface area (Å²) >= 11 is 6.36. The molecule has 0 spiro atoms. The quantitative estimate of drug-likeness (QED) is 0.594. The molecule has 0 aromatic heterocycles. The van der Waals surface area contributed by atoms with E-state index in [2.05, 4.69) is 5.32 Å². The van der Waals surface area contributed by atoms with Gasteiger partial charge in [0.15, 0.2) is 0 Å². The minimum absolute atomic E-state index is 0.112. The van der Waals surface area contributed by atoms with Crippen LogP contribution in [0.15, 0.2) is 53.4 Å². The number of nitrogens with zero attached hydrogens (tertiary/aromatic N) is 1. The number of aromatic hydroxyl groups is 1. The van der Waals surface area contributed by atoms with Crippen molar-refractivity contribution in [1.29, 1.82) is 0 Å². The summed E-state index contributed by atoms with van der Waals surface area (Å²) in [5, 5.41) is 12.3. The topological polar surface area (TPSA) is 69.6 Å². The van der Waals surface area contributed by atoms with Crippen molar-refractivity contribution in [3.05, 3.63) is 70.4 Å². The second-order valence-corrected chi connectivity index (χ2v) is 7.34. The minimum Gasteiger partial charge on any atom is -0.507 e. The van der Waals surface area contributed by atoms with E-state index in [0.717, 1.165) is 11.8 Å². The van der Waals surface area contributed by atoms with E-state index in [1.54, 1.807) is 30.3 Å². The van der Waals surface area contributed by atoms with E-state index in [4.69, 9.17) is 12.2 Å². The first-order valence-corrected chi connectivity index (χ1v) is 9.25. The third kappa shape index (κ3) is 4.53. The van der Waals surface area contributed by atoms with E-state index in [-0.39, 0.29) is 36.1 Å². The predicted molar refractivity (Wildman–Crippen MR) is 107 cm³/mol. The van der Waals surface area contributed by atoms with E-state index >= 15 is 0 Å². The standard InChI is InChI=1S/C19H15FN2O3S2/c20-13-5-3-4-12(10-13)11-16-18(25)22(19(26)27-16)9-8-21-17(24)14-6-1-2-7-15(14)23/h1-7,10-11,23H,8-9H2,(H,21,24)/b16-11+. The lowest BCUT2D eigenvalue weighted by molar-refractivity contribution is -0.122. The summed E-state index contributed by atoms with van der Waals surface area (Å²) in [5.41, 5.74) is 0.734. The number of carbonyl (C=O) groups excluding carboxylic acids is 2. The van der Waals surface area contributed by atoms with E-state index in [1.165, 1.54) is 29.2 Å². The van der Waals surface area contributed by atoms with E-state index in [9.17, 15) is 19.1 Å². The Morgan fingerprint density at radius 2 is 2.04 bits per heavy atom. The van der Waals surface area contributed by atoms with Gasteiger partial charge in [-0.2, -0.15) is 0 Å². The van der Waals surface area contributed by atoms with Gasteiger partial charge in [0.25, 0.3) is 11.8 Å². The first kappa shape index (κ1) is 19.1. The highest BCUT2D eigenvalue weighted by atomic mass is 32.2. The largest absolute Gasteiger partial charge is 0.507 e. The van der Waals surface area contributed by atoms with E-state index in [0.29, 0.717) is 14.8 Å². The van der Waals surface area contributed by atoms with Gasteiger partial charge in [-0.3, -0.25) is 14.5 Å². The van der Waals surface area contributed by atoms with Gasteiger partial charge in [0.2, 0.25) is 0 Å². The maximum Gasteiger partial charge on any atom is 0.266 e. The average Bonchev–Trinajstić information content (AvgIpc) is 2.89. The summed E-state index contributed by atoms with van der Waals surface area (Å²) in [6.45, 7) is 0.372. The van der Waals surface area contributed by atoms with Crippen LogP contribution in [0.2, 0.25) is 0 Å². The molecule has 27 heavy (non-hydrogen) atoms. The molecular weight excluding hydrogens is 387 g/mol. The van der Waals surface area contributed by atoms with Crippen molar-refractivity contribution >= 4 is 46.2 Å². The highest BCUT2D eigenvalue weighted by Gasteiger charge is 2.31. The summed E-state index contributed by atoms with van der Waals surface area (Å²) in [7, 11) is 0. The fourth-order valence-electron chi connectivity index (χ4n) is 2.48. The minimum atomic E-state index is -0.436. The lowest BCUT2D eigenvalue weighted by Crippen LogP contribution is -2.37. The second-order valence-electron chi connectivity index (χ2n) is 5.66. The fraction of sp³-hybridized carbons (Fsp3) is 0.105. The molecule has 138 valence electrons. The number of phenolic OH excluding ortho intramolecular Hbond substituents is 1. The van der Waals surface area contributed by atoms with Crippen molar-refractivity contribution < 1.29 is 19.1 Å².